The Morgan fingerprint density at radius 2 is 1.86 bits per heavy atom. The zero-order valence-corrected chi connectivity index (χ0v) is 13.8. The zero-order valence-electron chi connectivity index (χ0n) is 12.0. The number of methoxy groups -OCH3 is 1. The molecular formula is C10H21BO8P2. The van der Waals surface area contributed by atoms with Crippen molar-refractivity contribution >= 4 is 23.3 Å². The molecule has 2 radical (unpaired) electrons. The monoisotopic (exact) mass is 342 g/mol. The predicted octanol–water partition coefficient (Wildman–Crippen LogP) is 1.07. The van der Waals surface area contributed by atoms with Crippen LogP contribution in [0, 0.1) is 5.92 Å². The van der Waals surface area contributed by atoms with Gasteiger partial charge in [-0.25, -0.2) is 4.57 Å². The van der Waals surface area contributed by atoms with Crippen molar-refractivity contribution < 1.29 is 37.6 Å². The molecule has 0 heterocycles. The number of hydrogen-bond donors (Lipinski definition) is 3. The van der Waals surface area contributed by atoms with E-state index in [9.17, 15) is 14.0 Å². The van der Waals surface area contributed by atoms with Gasteiger partial charge >= 0.3 is 15.4 Å². The topological polar surface area (TPSA) is 123 Å². The van der Waals surface area contributed by atoms with Gasteiger partial charge in [0, 0.05) is 7.11 Å². The summed E-state index contributed by atoms with van der Waals surface area (Å²) in [5, 5.41) is 0. The van der Waals surface area contributed by atoms with Gasteiger partial charge in [0.05, 0.1) is 32.8 Å². The number of rotatable bonds is 8. The van der Waals surface area contributed by atoms with Gasteiger partial charge in [-0.05, 0) is 25.1 Å². The van der Waals surface area contributed by atoms with Crippen LogP contribution in [0.5, 0.6) is 0 Å². The normalized spacial score (nSPS) is 33.0. The van der Waals surface area contributed by atoms with Crippen LogP contribution < -0.4 is 0 Å². The van der Waals surface area contributed by atoms with E-state index >= 15 is 0 Å². The number of hydrogen-bond acceptors (Lipinski definition) is 5. The Hall–Kier alpha value is 0.285. The fourth-order valence-electron chi connectivity index (χ4n) is 2.55. The van der Waals surface area contributed by atoms with Gasteiger partial charge in [-0.3, -0.25) is 13.6 Å². The van der Waals surface area contributed by atoms with Crippen molar-refractivity contribution in [2.45, 2.75) is 37.8 Å². The Morgan fingerprint density at radius 3 is 2.33 bits per heavy atom. The first-order valence-corrected chi connectivity index (χ1v) is 9.87. The molecule has 122 valence electrons. The van der Waals surface area contributed by atoms with Crippen LogP contribution in [0.1, 0.15) is 19.8 Å². The van der Waals surface area contributed by atoms with E-state index in [1.54, 1.807) is 6.92 Å². The summed E-state index contributed by atoms with van der Waals surface area (Å²) in [5.74, 6) is -0.832. The fraction of sp³-hybridized carbons (Fsp3) is 1.00. The summed E-state index contributed by atoms with van der Waals surface area (Å²) in [6.45, 7) is 1.54. The van der Waals surface area contributed by atoms with Crippen LogP contribution >= 0.6 is 15.4 Å². The Bertz CT molecular complexity index is 427. The molecule has 1 fully saturated rings. The van der Waals surface area contributed by atoms with Gasteiger partial charge in [-0.2, -0.15) is 0 Å². The molecular weight excluding hydrogens is 321 g/mol. The lowest BCUT2D eigenvalue weighted by atomic mass is 9.83. The maximum atomic E-state index is 11.7. The third-order valence-electron chi connectivity index (χ3n) is 3.40. The summed E-state index contributed by atoms with van der Waals surface area (Å²) in [6, 6.07) is 0. The highest BCUT2D eigenvalue weighted by molar-refractivity contribution is 7.51. The van der Waals surface area contributed by atoms with Crippen molar-refractivity contribution in [2.75, 3.05) is 19.9 Å². The molecule has 0 aromatic rings. The first kappa shape index (κ1) is 19.3. The van der Waals surface area contributed by atoms with Crippen molar-refractivity contribution in [3.63, 3.8) is 0 Å². The summed E-state index contributed by atoms with van der Waals surface area (Å²) >= 11 is 0. The Balaban J connectivity index is 2.80. The molecule has 0 aromatic carbocycles. The standard InChI is InChI=1S/C10H21BO8P2/c1-3-18-21(15,16)19-9-7(4-5-20(12,13)14)6-8(11)10(9)17-2/h7-10H,3-6H2,1-2H3,(H,15,16)(H2,12,13,14)/t7-,8?,9+,10-/m0/s1. The van der Waals surface area contributed by atoms with Crippen LogP contribution in [0.15, 0.2) is 0 Å². The lowest BCUT2D eigenvalue weighted by Gasteiger charge is -2.27. The highest BCUT2D eigenvalue weighted by Gasteiger charge is 2.45. The predicted molar refractivity (Wildman–Crippen MR) is 76.3 cm³/mol. The molecule has 0 amide bonds. The van der Waals surface area contributed by atoms with Gasteiger partial charge in [0.25, 0.3) is 0 Å². The van der Waals surface area contributed by atoms with Gasteiger partial charge < -0.3 is 19.4 Å². The van der Waals surface area contributed by atoms with Gasteiger partial charge in [-0.1, -0.05) is 6.42 Å². The molecule has 1 aliphatic rings. The summed E-state index contributed by atoms with van der Waals surface area (Å²) in [4.78, 5) is 27.5. The van der Waals surface area contributed by atoms with E-state index in [-0.39, 0.29) is 19.2 Å². The highest BCUT2D eigenvalue weighted by atomic mass is 31.2. The quantitative estimate of drug-likeness (QED) is 0.442. The minimum Gasteiger partial charge on any atom is -0.379 e. The summed E-state index contributed by atoms with van der Waals surface area (Å²) < 4.78 is 37.7. The molecule has 8 nitrogen and oxygen atoms in total. The Morgan fingerprint density at radius 1 is 1.24 bits per heavy atom. The van der Waals surface area contributed by atoms with Gasteiger partial charge in [0.1, 0.15) is 0 Å². The van der Waals surface area contributed by atoms with E-state index in [0.717, 1.165) is 0 Å². The van der Waals surface area contributed by atoms with E-state index in [1.807, 2.05) is 0 Å². The van der Waals surface area contributed by atoms with Crippen LogP contribution in [-0.2, 0) is 22.9 Å². The third kappa shape index (κ3) is 6.12. The first-order valence-electron chi connectivity index (χ1n) is 6.58. The molecule has 21 heavy (non-hydrogen) atoms. The first-order chi connectivity index (χ1) is 9.59. The molecule has 0 spiro atoms. The lowest BCUT2D eigenvalue weighted by Crippen LogP contribution is -2.31. The van der Waals surface area contributed by atoms with Gasteiger partial charge in [-0.15, -0.1) is 0 Å². The molecule has 0 saturated heterocycles. The molecule has 0 aromatic heterocycles. The Kier molecular flexibility index (Phi) is 7.10. The molecule has 2 unspecified atom stereocenters. The second-order valence-electron chi connectivity index (χ2n) is 4.99. The molecule has 5 atom stereocenters. The van der Waals surface area contributed by atoms with Crippen molar-refractivity contribution in [1.82, 2.24) is 0 Å². The molecule has 3 N–H and O–H groups in total. The summed E-state index contributed by atoms with van der Waals surface area (Å²) in [7, 11) is -1.12. The van der Waals surface area contributed by atoms with E-state index in [0.29, 0.717) is 6.42 Å². The van der Waals surface area contributed by atoms with Gasteiger partial charge in [0.15, 0.2) is 0 Å². The maximum Gasteiger partial charge on any atom is 0.472 e. The minimum absolute atomic E-state index is 0.00263. The molecule has 1 rings (SSSR count). The van der Waals surface area contributed by atoms with Gasteiger partial charge in [0.2, 0.25) is 0 Å². The number of phosphoric ester groups is 1. The number of phosphoric acid groups is 1. The minimum atomic E-state index is -4.25. The smallest absolute Gasteiger partial charge is 0.379 e. The van der Waals surface area contributed by atoms with Crippen LogP contribution in [0.25, 0.3) is 0 Å². The largest absolute Gasteiger partial charge is 0.472 e. The van der Waals surface area contributed by atoms with Crippen molar-refractivity contribution in [2.24, 2.45) is 5.92 Å². The maximum absolute atomic E-state index is 11.7. The molecule has 0 aliphatic heterocycles. The van der Waals surface area contributed by atoms with Crippen molar-refractivity contribution in [1.29, 1.82) is 0 Å². The van der Waals surface area contributed by atoms with Crippen LogP contribution in [0.3, 0.4) is 0 Å². The second kappa shape index (κ2) is 7.71. The van der Waals surface area contributed by atoms with Crippen LogP contribution in [0.4, 0.5) is 0 Å². The van der Waals surface area contributed by atoms with Crippen molar-refractivity contribution in [3.8, 4) is 0 Å². The fourth-order valence-corrected chi connectivity index (χ4v) is 4.20. The lowest BCUT2D eigenvalue weighted by molar-refractivity contribution is -0.0127. The van der Waals surface area contributed by atoms with Crippen LogP contribution in [0.2, 0.25) is 5.82 Å². The number of ether oxygens (including phenoxy) is 1. The van der Waals surface area contributed by atoms with Crippen LogP contribution in [-0.4, -0.2) is 54.6 Å². The molecule has 11 heteroatoms. The summed E-state index contributed by atoms with van der Waals surface area (Å²) in [5.41, 5.74) is 0. The van der Waals surface area contributed by atoms with E-state index in [1.165, 1.54) is 7.11 Å². The highest BCUT2D eigenvalue weighted by Crippen LogP contribution is 2.52. The van der Waals surface area contributed by atoms with Crippen molar-refractivity contribution in [3.05, 3.63) is 0 Å². The third-order valence-corrected chi connectivity index (χ3v) is 5.33. The Labute approximate surface area is 125 Å². The molecule has 1 saturated carbocycles. The van der Waals surface area contributed by atoms with E-state index < -0.39 is 39.4 Å². The zero-order chi connectivity index (χ0) is 16.3. The molecule has 0 bridgehead atoms. The molecule has 1 aliphatic carbocycles. The average Bonchev–Trinajstić information content (AvgIpc) is 2.60. The van der Waals surface area contributed by atoms with E-state index in [2.05, 4.69) is 4.52 Å². The van der Waals surface area contributed by atoms with E-state index in [4.69, 9.17) is 26.9 Å². The SMILES string of the molecule is [B]C1C[C@H](CCP(=O)(O)O)[C@@H](OP(=O)(O)OCC)[C@H]1OC. The summed E-state index contributed by atoms with van der Waals surface area (Å²) in [6.07, 6.45) is -1.32. The average molecular weight is 342 g/mol. The second-order valence-corrected chi connectivity index (χ2v) is 8.18.